The highest BCUT2D eigenvalue weighted by Gasteiger charge is 2.21. The lowest BCUT2D eigenvalue weighted by Gasteiger charge is -2.05. The number of hydrogen-bond donors (Lipinski definition) is 1. The van der Waals surface area contributed by atoms with E-state index in [1.165, 1.54) is 11.3 Å². The number of nitrogens with one attached hydrogen (secondary N) is 1. The second-order valence-corrected chi connectivity index (χ2v) is 5.71. The van der Waals surface area contributed by atoms with Gasteiger partial charge in [-0.05, 0) is 24.1 Å². The predicted octanol–water partition coefficient (Wildman–Crippen LogP) is 3.05. The molecule has 0 amide bonds. The number of nitrogens with zero attached hydrogens (tertiary/aromatic N) is 2. The molecule has 0 radical (unpaired) electrons. The van der Waals surface area contributed by atoms with Gasteiger partial charge in [-0.1, -0.05) is 6.08 Å². The lowest BCUT2D eigenvalue weighted by atomic mass is 10.2. The fourth-order valence-electron chi connectivity index (χ4n) is 1.89. The van der Waals surface area contributed by atoms with Crippen molar-refractivity contribution < 1.29 is 14.3 Å². The maximum atomic E-state index is 12.1. The summed E-state index contributed by atoms with van der Waals surface area (Å²) in [5.74, 6) is 0.183. The number of halogens is 1. The first-order valence-electron chi connectivity index (χ1n) is 6.56. The van der Waals surface area contributed by atoms with Gasteiger partial charge in [0.25, 0.3) is 0 Å². The van der Waals surface area contributed by atoms with Crippen molar-refractivity contribution in [2.24, 2.45) is 0 Å². The summed E-state index contributed by atoms with van der Waals surface area (Å²) in [7, 11) is 1.55. The molecule has 2 aromatic rings. The molecule has 0 unspecified atom stereocenters. The van der Waals surface area contributed by atoms with Crippen LogP contribution in [0.1, 0.15) is 15.2 Å². The molecule has 0 saturated carbocycles. The lowest BCUT2D eigenvalue weighted by molar-refractivity contribution is 0.0393. The van der Waals surface area contributed by atoms with Gasteiger partial charge in [-0.2, -0.15) is 0 Å². The molecular weight excluding hydrogens is 326 g/mol. The van der Waals surface area contributed by atoms with Crippen LogP contribution in [0.3, 0.4) is 0 Å². The molecule has 0 fully saturated rings. The normalized spacial score (nSPS) is 10.7. The number of anilines is 1. The van der Waals surface area contributed by atoms with Gasteiger partial charge in [0.2, 0.25) is 5.28 Å². The topological polar surface area (TPSA) is 73.3 Å². The largest absolute Gasteiger partial charge is 0.459 e. The van der Waals surface area contributed by atoms with Crippen LogP contribution in [0.15, 0.2) is 12.7 Å². The Balaban J connectivity index is 2.39. The van der Waals surface area contributed by atoms with Crippen molar-refractivity contribution in [2.45, 2.75) is 6.92 Å². The van der Waals surface area contributed by atoms with Crippen molar-refractivity contribution in [2.75, 3.05) is 32.2 Å². The van der Waals surface area contributed by atoms with Gasteiger partial charge in [0, 0.05) is 13.7 Å². The molecule has 0 aliphatic carbocycles. The van der Waals surface area contributed by atoms with Gasteiger partial charge in [0.05, 0.1) is 12.0 Å². The Morgan fingerprint density at radius 1 is 1.45 bits per heavy atom. The van der Waals surface area contributed by atoms with Crippen LogP contribution in [-0.4, -0.2) is 42.8 Å². The third kappa shape index (κ3) is 3.55. The van der Waals surface area contributed by atoms with Crippen molar-refractivity contribution in [1.29, 1.82) is 0 Å². The fraction of sp³-hybridized carbons (Fsp3) is 0.357. The maximum absolute atomic E-state index is 12.1. The first-order valence-corrected chi connectivity index (χ1v) is 7.75. The van der Waals surface area contributed by atoms with Crippen LogP contribution in [0.5, 0.6) is 0 Å². The summed E-state index contributed by atoms with van der Waals surface area (Å²) in [6.45, 7) is 6.58. The quantitative estimate of drug-likeness (QED) is 0.361. The molecule has 0 atom stereocenters. The summed E-state index contributed by atoms with van der Waals surface area (Å²) in [5, 5.41) is 4.00. The van der Waals surface area contributed by atoms with Crippen molar-refractivity contribution >= 4 is 44.9 Å². The highest BCUT2D eigenvalue weighted by atomic mass is 35.5. The SMILES string of the molecule is C=CCNc1nc(Cl)nc2sc(C(=O)OCCOC)c(C)c12. The maximum Gasteiger partial charge on any atom is 0.348 e. The number of hydrogen-bond acceptors (Lipinski definition) is 7. The van der Waals surface area contributed by atoms with E-state index in [0.717, 1.165) is 10.9 Å². The number of aryl methyl sites for hydroxylation is 1. The summed E-state index contributed by atoms with van der Waals surface area (Å²) in [5.41, 5.74) is 0.769. The Kier molecular flexibility index (Phi) is 5.70. The number of thiophene rings is 1. The Labute approximate surface area is 137 Å². The van der Waals surface area contributed by atoms with E-state index in [-0.39, 0.29) is 11.9 Å². The van der Waals surface area contributed by atoms with E-state index in [4.69, 9.17) is 21.1 Å². The van der Waals surface area contributed by atoms with Gasteiger partial charge in [-0.3, -0.25) is 0 Å². The summed E-state index contributed by atoms with van der Waals surface area (Å²) in [4.78, 5) is 21.6. The third-order valence-corrected chi connectivity index (χ3v) is 4.22. The first kappa shape index (κ1) is 16.7. The molecule has 2 aromatic heterocycles. The smallest absolute Gasteiger partial charge is 0.348 e. The zero-order valence-corrected chi connectivity index (χ0v) is 13.9. The minimum atomic E-state index is -0.400. The van der Waals surface area contributed by atoms with Crippen LogP contribution >= 0.6 is 22.9 Å². The van der Waals surface area contributed by atoms with Crippen molar-refractivity contribution in [3.63, 3.8) is 0 Å². The molecule has 0 saturated heterocycles. The van der Waals surface area contributed by atoms with Crippen LogP contribution in [0.4, 0.5) is 5.82 Å². The molecule has 0 aromatic carbocycles. The Morgan fingerprint density at radius 3 is 2.91 bits per heavy atom. The average molecular weight is 342 g/mol. The highest BCUT2D eigenvalue weighted by molar-refractivity contribution is 7.20. The van der Waals surface area contributed by atoms with E-state index in [0.29, 0.717) is 28.7 Å². The van der Waals surface area contributed by atoms with Crippen LogP contribution in [0.2, 0.25) is 5.28 Å². The summed E-state index contributed by atoms with van der Waals surface area (Å²) < 4.78 is 10.0. The van der Waals surface area contributed by atoms with Gasteiger partial charge in [-0.25, -0.2) is 14.8 Å². The fourth-order valence-corrected chi connectivity index (χ4v) is 3.18. The van der Waals surface area contributed by atoms with Crippen LogP contribution in [-0.2, 0) is 9.47 Å². The number of carbonyl (C=O) groups excluding carboxylic acids is 1. The Hall–Kier alpha value is -1.70. The van der Waals surface area contributed by atoms with E-state index in [1.54, 1.807) is 13.2 Å². The van der Waals surface area contributed by atoms with Crippen molar-refractivity contribution in [3.05, 3.63) is 28.4 Å². The number of ether oxygens (including phenoxy) is 2. The minimum Gasteiger partial charge on any atom is -0.459 e. The van der Waals surface area contributed by atoms with Gasteiger partial charge < -0.3 is 14.8 Å². The van der Waals surface area contributed by atoms with E-state index in [9.17, 15) is 4.79 Å². The summed E-state index contributed by atoms with van der Waals surface area (Å²) in [6, 6.07) is 0. The Bertz CT molecular complexity index is 702. The van der Waals surface area contributed by atoms with Crippen LogP contribution in [0, 0.1) is 6.92 Å². The Morgan fingerprint density at radius 2 is 2.23 bits per heavy atom. The number of esters is 1. The molecule has 8 heteroatoms. The second kappa shape index (κ2) is 7.53. The molecule has 0 aliphatic rings. The molecule has 2 rings (SSSR count). The molecule has 0 aliphatic heterocycles. The zero-order chi connectivity index (χ0) is 16.1. The van der Waals surface area contributed by atoms with E-state index in [2.05, 4.69) is 21.9 Å². The zero-order valence-electron chi connectivity index (χ0n) is 12.3. The number of methoxy groups -OCH3 is 1. The van der Waals surface area contributed by atoms with Gasteiger partial charge in [0.1, 0.15) is 22.1 Å². The molecule has 22 heavy (non-hydrogen) atoms. The predicted molar refractivity (Wildman–Crippen MR) is 88.0 cm³/mol. The average Bonchev–Trinajstić information content (AvgIpc) is 2.82. The van der Waals surface area contributed by atoms with Crippen molar-refractivity contribution in [1.82, 2.24) is 9.97 Å². The van der Waals surface area contributed by atoms with Crippen LogP contribution < -0.4 is 5.32 Å². The van der Waals surface area contributed by atoms with Crippen LogP contribution in [0.25, 0.3) is 10.2 Å². The third-order valence-electron chi connectivity index (χ3n) is 2.88. The van der Waals surface area contributed by atoms with Crippen molar-refractivity contribution in [3.8, 4) is 0 Å². The van der Waals surface area contributed by atoms with Gasteiger partial charge in [0.15, 0.2) is 0 Å². The van der Waals surface area contributed by atoms with Gasteiger partial charge in [-0.15, -0.1) is 17.9 Å². The lowest BCUT2D eigenvalue weighted by Crippen LogP contribution is -2.09. The monoisotopic (exact) mass is 341 g/mol. The number of fused-ring (bicyclic) bond motifs is 1. The minimum absolute atomic E-state index is 0.125. The summed E-state index contributed by atoms with van der Waals surface area (Å²) >= 11 is 7.17. The standard InChI is InChI=1S/C14H16ClN3O3S/c1-4-5-16-11-9-8(2)10(13(19)21-7-6-20-3)22-12(9)18-14(15)17-11/h4H,1,5-7H2,2-3H3,(H,16,17,18). The molecule has 118 valence electrons. The highest BCUT2D eigenvalue weighted by Crippen LogP contribution is 2.34. The van der Waals surface area contributed by atoms with E-state index >= 15 is 0 Å². The molecular formula is C14H16ClN3O3S. The molecule has 0 bridgehead atoms. The van der Waals surface area contributed by atoms with E-state index < -0.39 is 5.97 Å². The molecule has 2 heterocycles. The summed E-state index contributed by atoms with van der Waals surface area (Å²) in [6.07, 6.45) is 1.71. The number of carbonyl (C=O) groups is 1. The molecule has 6 nitrogen and oxygen atoms in total. The second-order valence-electron chi connectivity index (χ2n) is 4.38. The van der Waals surface area contributed by atoms with Gasteiger partial charge >= 0.3 is 5.97 Å². The number of aromatic nitrogens is 2. The molecule has 1 N–H and O–H groups in total. The molecule has 0 spiro atoms. The van der Waals surface area contributed by atoms with E-state index in [1.807, 2.05) is 6.92 Å². The first-order chi connectivity index (χ1) is 10.6. The number of rotatable bonds is 7.